The van der Waals surface area contributed by atoms with E-state index in [1.165, 1.54) is 18.6 Å². The van der Waals surface area contributed by atoms with E-state index in [2.05, 4.69) is 9.46 Å². The van der Waals surface area contributed by atoms with Crippen LogP contribution in [0.3, 0.4) is 0 Å². The molecule has 110 valence electrons. The van der Waals surface area contributed by atoms with Crippen molar-refractivity contribution in [1.82, 2.24) is 4.72 Å². The summed E-state index contributed by atoms with van der Waals surface area (Å²) < 4.78 is 31.1. The smallest absolute Gasteiger partial charge is 0.349 e. The number of esters is 1. The summed E-state index contributed by atoms with van der Waals surface area (Å²) in [5, 5.41) is 1.53. The van der Waals surface area contributed by atoms with Crippen molar-refractivity contribution in [1.29, 1.82) is 0 Å². The third kappa shape index (κ3) is 4.43. The molecule has 1 aromatic heterocycles. The number of hydrogen-bond acceptors (Lipinski definition) is 6. The second-order valence-corrected chi connectivity index (χ2v) is 6.47. The minimum absolute atomic E-state index is 0. The van der Waals surface area contributed by atoms with Gasteiger partial charge in [-0.05, 0) is 25.3 Å². The molecule has 0 amide bonds. The van der Waals surface area contributed by atoms with Gasteiger partial charge in [-0.3, -0.25) is 0 Å². The Bertz CT molecular complexity index is 527. The zero-order chi connectivity index (χ0) is 13.9. The summed E-state index contributed by atoms with van der Waals surface area (Å²) in [5.74, 6) is -0.668. The van der Waals surface area contributed by atoms with Gasteiger partial charge in [0.15, 0.2) is 0 Å². The molecule has 1 rings (SSSR count). The number of carbonyl (C=O) groups is 1. The van der Waals surface area contributed by atoms with E-state index in [0.29, 0.717) is 0 Å². The molecule has 0 aliphatic heterocycles. The van der Waals surface area contributed by atoms with Gasteiger partial charge in [-0.25, -0.2) is 17.9 Å². The average molecular weight is 329 g/mol. The molecule has 0 spiro atoms. The van der Waals surface area contributed by atoms with Crippen LogP contribution in [-0.4, -0.2) is 33.6 Å². The Labute approximate surface area is 122 Å². The Morgan fingerprint density at radius 2 is 2.05 bits per heavy atom. The van der Waals surface area contributed by atoms with Crippen LogP contribution < -0.4 is 10.5 Å². The van der Waals surface area contributed by atoms with E-state index in [9.17, 15) is 13.2 Å². The first-order chi connectivity index (χ1) is 8.29. The zero-order valence-corrected chi connectivity index (χ0v) is 13.2. The van der Waals surface area contributed by atoms with E-state index in [1.54, 1.807) is 13.8 Å². The molecule has 6 nitrogen and oxygen atoms in total. The van der Waals surface area contributed by atoms with Crippen molar-refractivity contribution in [3.05, 3.63) is 16.3 Å². The van der Waals surface area contributed by atoms with Gasteiger partial charge in [0.25, 0.3) is 0 Å². The van der Waals surface area contributed by atoms with E-state index in [1.807, 2.05) is 0 Å². The van der Waals surface area contributed by atoms with Crippen molar-refractivity contribution in [2.45, 2.75) is 30.8 Å². The van der Waals surface area contributed by atoms with Crippen LogP contribution in [-0.2, 0) is 14.8 Å². The highest BCUT2D eigenvalue weighted by atomic mass is 35.5. The lowest BCUT2D eigenvalue weighted by molar-refractivity contribution is 0.0602. The van der Waals surface area contributed by atoms with Crippen molar-refractivity contribution in [2.75, 3.05) is 7.11 Å². The van der Waals surface area contributed by atoms with Gasteiger partial charge in [0, 0.05) is 12.1 Å². The average Bonchev–Trinajstić information content (AvgIpc) is 2.76. The Balaban J connectivity index is 0.00000324. The molecule has 3 N–H and O–H groups in total. The first kappa shape index (κ1) is 18.3. The van der Waals surface area contributed by atoms with Gasteiger partial charge in [-0.2, -0.15) is 0 Å². The van der Waals surface area contributed by atoms with E-state index >= 15 is 0 Å². The molecule has 19 heavy (non-hydrogen) atoms. The molecule has 0 aromatic carbocycles. The van der Waals surface area contributed by atoms with E-state index in [4.69, 9.17) is 5.73 Å². The number of thiophene rings is 1. The van der Waals surface area contributed by atoms with Gasteiger partial charge in [0.2, 0.25) is 10.0 Å². The van der Waals surface area contributed by atoms with Crippen molar-refractivity contribution < 1.29 is 17.9 Å². The molecule has 0 aliphatic carbocycles. The minimum atomic E-state index is -3.77. The van der Waals surface area contributed by atoms with Gasteiger partial charge in [0.05, 0.1) is 7.11 Å². The lowest BCUT2D eigenvalue weighted by Crippen LogP contribution is -2.44. The molecule has 0 saturated carbocycles. The number of halogens is 1. The van der Waals surface area contributed by atoms with Crippen LogP contribution in [0, 0.1) is 0 Å². The maximum Gasteiger partial charge on any atom is 0.349 e. The maximum atomic E-state index is 12.1. The first-order valence-electron chi connectivity index (χ1n) is 5.23. The van der Waals surface area contributed by atoms with Crippen molar-refractivity contribution in [3.8, 4) is 0 Å². The zero-order valence-electron chi connectivity index (χ0n) is 10.7. The van der Waals surface area contributed by atoms with Crippen LogP contribution in [0.2, 0.25) is 0 Å². The highest BCUT2D eigenvalue weighted by molar-refractivity contribution is 7.89. The van der Waals surface area contributed by atoms with Crippen LogP contribution in [0.15, 0.2) is 16.3 Å². The number of hydrogen-bond donors (Lipinski definition) is 2. The molecular formula is C10H17ClN2O4S2. The summed E-state index contributed by atoms with van der Waals surface area (Å²) in [6.45, 7) is 3.36. The number of methoxy groups -OCH3 is 1. The molecule has 0 fully saturated rings. The Kier molecular flexibility index (Phi) is 6.95. The summed E-state index contributed by atoms with van der Waals surface area (Å²) >= 11 is 1.02. The van der Waals surface area contributed by atoms with Crippen LogP contribution in [0.1, 0.15) is 23.5 Å². The molecule has 1 aromatic rings. The van der Waals surface area contributed by atoms with E-state index in [-0.39, 0.29) is 28.2 Å². The van der Waals surface area contributed by atoms with Gasteiger partial charge < -0.3 is 10.5 Å². The van der Waals surface area contributed by atoms with Crippen LogP contribution in [0.4, 0.5) is 0 Å². The van der Waals surface area contributed by atoms with Gasteiger partial charge in [0.1, 0.15) is 9.77 Å². The maximum absolute atomic E-state index is 12.1. The monoisotopic (exact) mass is 328 g/mol. The Morgan fingerprint density at radius 3 is 2.53 bits per heavy atom. The van der Waals surface area contributed by atoms with Crippen molar-refractivity contribution >= 4 is 39.7 Å². The fraction of sp³-hybridized carbons (Fsp3) is 0.500. The fourth-order valence-electron chi connectivity index (χ4n) is 1.17. The summed E-state index contributed by atoms with van der Waals surface area (Å²) in [7, 11) is -2.56. The third-order valence-corrected chi connectivity index (χ3v) is 5.04. The van der Waals surface area contributed by atoms with Crippen LogP contribution in [0.25, 0.3) is 0 Å². The van der Waals surface area contributed by atoms with Crippen LogP contribution in [0.5, 0.6) is 0 Å². The predicted octanol–water partition coefficient (Wildman–Crippen LogP) is 0.970. The molecule has 0 aliphatic rings. The van der Waals surface area contributed by atoms with Crippen molar-refractivity contribution in [3.63, 3.8) is 0 Å². The second kappa shape index (κ2) is 7.20. The number of ether oxygens (including phenoxy) is 1. The highest BCUT2D eigenvalue weighted by Gasteiger charge is 2.26. The number of nitrogens with one attached hydrogen (secondary N) is 1. The predicted molar refractivity (Wildman–Crippen MR) is 76.3 cm³/mol. The van der Waals surface area contributed by atoms with Gasteiger partial charge in [-0.15, -0.1) is 23.7 Å². The molecule has 2 atom stereocenters. The molecule has 0 radical (unpaired) electrons. The highest BCUT2D eigenvalue weighted by Crippen LogP contribution is 2.22. The quantitative estimate of drug-likeness (QED) is 0.785. The lowest BCUT2D eigenvalue weighted by atomic mass is 10.2. The first-order valence-corrected chi connectivity index (χ1v) is 7.59. The molecule has 0 saturated heterocycles. The van der Waals surface area contributed by atoms with Gasteiger partial charge in [-0.1, -0.05) is 0 Å². The largest absolute Gasteiger partial charge is 0.465 e. The molecular weight excluding hydrogens is 312 g/mol. The molecule has 2 unspecified atom stereocenters. The Hall–Kier alpha value is -0.670. The minimum Gasteiger partial charge on any atom is -0.465 e. The summed E-state index contributed by atoms with van der Waals surface area (Å²) in [5.41, 5.74) is 5.60. The summed E-state index contributed by atoms with van der Waals surface area (Å²) in [6, 6.07) is 0.605. The molecule has 1 heterocycles. The van der Waals surface area contributed by atoms with E-state index < -0.39 is 22.0 Å². The molecule has 9 heteroatoms. The number of carbonyl (C=O) groups excluding carboxylic acids is 1. The van der Waals surface area contributed by atoms with E-state index in [0.717, 1.165) is 11.3 Å². The Morgan fingerprint density at radius 1 is 1.47 bits per heavy atom. The summed E-state index contributed by atoms with van der Waals surface area (Å²) in [6.07, 6.45) is 0. The number of nitrogens with two attached hydrogens (primary N) is 1. The topological polar surface area (TPSA) is 98.5 Å². The number of rotatable bonds is 5. The lowest BCUT2D eigenvalue weighted by Gasteiger charge is -2.17. The van der Waals surface area contributed by atoms with Gasteiger partial charge >= 0.3 is 5.97 Å². The fourth-order valence-corrected chi connectivity index (χ4v) is 3.84. The third-order valence-electron chi connectivity index (χ3n) is 2.42. The molecule has 0 bridgehead atoms. The second-order valence-electron chi connectivity index (χ2n) is 3.87. The SMILES string of the molecule is COC(=O)c1sccc1S(=O)(=O)NC(C)C(C)N.Cl. The summed E-state index contributed by atoms with van der Waals surface area (Å²) in [4.78, 5) is 11.4. The number of sulfonamides is 1. The van der Waals surface area contributed by atoms with Crippen molar-refractivity contribution in [2.24, 2.45) is 5.73 Å². The standard InChI is InChI=1S/C10H16N2O4S2.ClH/c1-6(11)7(2)12-18(14,15)8-4-5-17-9(8)10(13)16-3;/h4-7,12H,11H2,1-3H3;1H. The van der Waals surface area contributed by atoms with Crippen LogP contribution >= 0.6 is 23.7 Å². The normalized spacial score (nSPS) is 14.3.